The van der Waals surface area contributed by atoms with Crippen LogP contribution in [0.2, 0.25) is 18.1 Å². The Labute approximate surface area is 179 Å². The first-order valence-corrected chi connectivity index (χ1v) is 13.9. The smallest absolute Gasteiger partial charge is 0.494 e. The van der Waals surface area contributed by atoms with Gasteiger partial charge in [-0.15, -0.1) is 0 Å². The molecule has 1 aromatic rings. The highest BCUT2D eigenvalue weighted by Crippen LogP contribution is 2.37. The van der Waals surface area contributed by atoms with Crippen LogP contribution in [-0.2, 0) is 13.7 Å². The molecule has 0 radical (unpaired) electrons. The lowest BCUT2D eigenvalue weighted by Crippen LogP contribution is -2.41. The molecule has 6 heteroatoms. The van der Waals surface area contributed by atoms with Gasteiger partial charge in [0.25, 0.3) is 0 Å². The summed E-state index contributed by atoms with van der Waals surface area (Å²) in [4.78, 5) is 0. The van der Waals surface area contributed by atoms with Gasteiger partial charge in [0.1, 0.15) is 5.75 Å². The molecule has 4 nitrogen and oxygen atoms in total. The second-order valence-corrected chi connectivity index (χ2v) is 15.5. The van der Waals surface area contributed by atoms with E-state index < -0.39 is 8.32 Å². The van der Waals surface area contributed by atoms with Crippen molar-refractivity contribution in [3.8, 4) is 5.75 Å². The quantitative estimate of drug-likeness (QED) is 0.387. The van der Waals surface area contributed by atoms with Crippen LogP contribution in [0.4, 0.5) is 0 Å². The molecule has 0 amide bonds. The molecule has 1 fully saturated rings. The van der Waals surface area contributed by atoms with E-state index in [0.717, 1.165) is 43.7 Å². The van der Waals surface area contributed by atoms with Crippen molar-refractivity contribution >= 4 is 20.9 Å². The maximum atomic E-state index is 6.22. The number of rotatable bonds is 9. The minimum atomic E-state index is -1.61. The van der Waals surface area contributed by atoms with Gasteiger partial charge in [0.15, 0.2) is 8.32 Å². The van der Waals surface area contributed by atoms with Crippen molar-refractivity contribution in [1.82, 2.24) is 0 Å². The molecule has 0 unspecified atom stereocenters. The highest BCUT2D eigenvalue weighted by atomic mass is 28.4. The Morgan fingerprint density at radius 2 is 1.38 bits per heavy atom. The van der Waals surface area contributed by atoms with Gasteiger partial charge in [0.05, 0.1) is 17.8 Å². The molecule has 164 valence electrons. The second kappa shape index (κ2) is 9.13. The third-order valence-electron chi connectivity index (χ3n) is 6.73. The first-order chi connectivity index (χ1) is 13.3. The van der Waals surface area contributed by atoms with Crippen LogP contribution in [0, 0.1) is 0 Å². The SMILES string of the molecule is CC1(C)OB(c2ccc(OCCCCCO[Si](C)(C)C(C)(C)C)cc2)OC1(C)C. The van der Waals surface area contributed by atoms with E-state index in [1.807, 2.05) is 24.3 Å². The van der Waals surface area contributed by atoms with E-state index >= 15 is 0 Å². The van der Waals surface area contributed by atoms with E-state index in [9.17, 15) is 0 Å². The Bertz CT molecular complexity index is 634. The summed E-state index contributed by atoms with van der Waals surface area (Å²) >= 11 is 0. The lowest BCUT2D eigenvalue weighted by molar-refractivity contribution is 0.00578. The molecular weight excluding hydrogens is 379 g/mol. The highest BCUT2D eigenvalue weighted by molar-refractivity contribution is 6.74. The van der Waals surface area contributed by atoms with E-state index in [1.54, 1.807) is 0 Å². The number of ether oxygens (including phenoxy) is 1. The Morgan fingerprint density at radius 3 is 1.90 bits per heavy atom. The summed E-state index contributed by atoms with van der Waals surface area (Å²) in [5.41, 5.74) is 0.390. The van der Waals surface area contributed by atoms with Crippen LogP contribution in [-0.4, -0.2) is 39.9 Å². The van der Waals surface area contributed by atoms with Crippen LogP contribution < -0.4 is 10.2 Å². The van der Waals surface area contributed by atoms with Crippen LogP contribution in [0.1, 0.15) is 67.7 Å². The number of hydrogen-bond donors (Lipinski definition) is 0. The van der Waals surface area contributed by atoms with Gasteiger partial charge >= 0.3 is 7.12 Å². The molecule has 1 aromatic carbocycles. The molecule has 0 saturated carbocycles. The summed E-state index contributed by atoms with van der Waals surface area (Å²) in [6.45, 7) is 21.3. The lowest BCUT2D eigenvalue weighted by atomic mass is 9.79. The summed E-state index contributed by atoms with van der Waals surface area (Å²) in [5, 5.41) is 0.280. The van der Waals surface area contributed by atoms with Crippen molar-refractivity contribution < 1.29 is 18.5 Å². The van der Waals surface area contributed by atoms with Gasteiger partial charge in [-0.05, 0) is 82.7 Å². The second-order valence-electron chi connectivity index (χ2n) is 10.7. The molecule has 0 aliphatic carbocycles. The molecule has 0 bridgehead atoms. The van der Waals surface area contributed by atoms with Crippen LogP contribution in [0.25, 0.3) is 0 Å². The minimum absolute atomic E-state index is 0.280. The zero-order valence-electron chi connectivity index (χ0n) is 20.1. The molecule has 29 heavy (non-hydrogen) atoms. The summed E-state index contributed by atoms with van der Waals surface area (Å²) in [6.07, 6.45) is 3.26. The first-order valence-electron chi connectivity index (χ1n) is 11.0. The van der Waals surface area contributed by atoms with Crippen molar-refractivity contribution in [3.05, 3.63) is 24.3 Å². The van der Waals surface area contributed by atoms with E-state index in [2.05, 4.69) is 61.6 Å². The third-order valence-corrected chi connectivity index (χ3v) is 11.3. The molecule has 2 rings (SSSR count). The Kier molecular flexibility index (Phi) is 7.70. The summed E-state index contributed by atoms with van der Waals surface area (Å²) in [6, 6.07) is 8.07. The average Bonchev–Trinajstić information content (AvgIpc) is 2.81. The topological polar surface area (TPSA) is 36.9 Å². The third kappa shape index (κ3) is 6.33. The largest absolute Gasteiger partial charge is 0.494 e. The standard InChI is InChI=1S/C23H41BO4Si/c1-21(2,3)29(8,9)26-18-12-10-11-17-25-20-15-13-19(14-16-20)24-27-22(4,5)23(6,7)28-24/h13-16H,10-12,17-18H2,1-9H3. The van der Waals surface area contributed by atoms with Crippen LogP contribution >= 0.6 is 0 Å². The fourth-order valence-corrected chi connectivity index (χ4v) is 3.90. The Balaban J connectivity index is 1.67. The lowest BCUT2D eigenvalue weighted by Gasteiger charge is -2.36. The van der Waals surface area contributed by atoms with Gasteiger partial charge < -0.3 is 18.5 Å². The summed E-state index contributed by atoms with van der Waals surface area (Å²) < 4.78 is 24.3. The van der Waals surface area contributed by atoms with E-state index in [-0.39, 0.29) is 23.4 Å². The molecule has 0 atom stereocenters. The normalized spacial score (nSPS) is 18.9. The van der Waals surface area contributed by atoms with Gasteiger partial charge in [-0.25, -0.2) is 0 Å². The maximum Gasteiger partial charge on any atom is 0.494 e. The average molecular weight is 420 g/mol. The zero-order chi connectivity index (χ0) is 21.9. The van der Waals surface area contributed by atoms with E-state index in [0.29, 0.717) is 0 Å². The van der Waals surface area contributed by atoms with Crippen molar-refractivity contribution in [2.75, 3.05) is 13.2 Å². The van der Waals surface area contributed by atoms with Gasteiger partial charge in [-0.1, -0.05) is 32.9 Å². The van der Waals surface area contributed by atoms with Crippen LogP contribution in [0.5, 0.6) is 5.75 Å². The molecule has 0 aromatic heterocycles. The minimum Gasteiger partial charge on any atom is -0.494 e. The molecule has 1 heterocycles. The molecule has 0 N–H and O–H groups in total. The molecule has 1 aliphatic heterocycles. The van der Waals surface area contributed by atoms with Gasteiger partial charge in [0, 0.05) is 6.61 Å². The van der Waals surface area contributed by atoms with Crippen LogP contribution in [0.15, 0.2) is 24.3 Å². The fourth-order valence-electron chi connectivity index (χ4n) is 2.82. The molecule has 1 aliphatic rings. The van der Waals surface area contributed by atoms with Gasteiger partial charge in [-0.2, -0.15) is 0 Å². The molecular formula is C23H41BO4Si. The van der Waals surface area contributed by atoms with E-state index in [4.69, 9.17) is 18.5 Å². The summed E-state index contributed by atoms with van der Waals surface area (Å²) in [7, 11) is -1.94. The fraction of sp³-hybridized carbons (Fsp3) is 0.739. The first kappa shape index (κ1) is 24.5. The van der Waals surface area contributed by atoms with Crippen molar-refractivity contribution in [1.29, 1.82) is 0 Å². The summed E-state index contributed by atoms with van der Waals surface area (Å²) in [5.74, 6) is 0.891. The molecule has 0 spiro atoms. The maximum absolute atomic E-state index is 6.22. The van der Waals surface area contributed by atoms with Crippen molar-refractivity contribution in [2.45, 2.75) is 97.1 Å². The monoisotopic (exact) mass is 420 g/mol. The van der Waals surface area contributed by atoms with E-state index in [1.165, 1.54) is 0 Å². The molecule has 1 saturated heterocycles. The van der Waals surface area contributed by atoms with Crippen molar-refractivity contribution in [2.24, 2.45) is 0 Å². The Hall–Kier alpha value is -0.818. The predicted octanol–water partition coefficient (Wildman–Crippen LogP) is 5.56. The zero-order valence-corrected chi connectivity index (χ0v) is 21.1. The number of hydrogen-bond acceptors (Lipinski definition) is 4. The van der Waals surface area contributed by atoms with Crippen molar-refractivity contribution in [3.63, 3.8) is 0 Å². The van der Waals surface area contributed by atoms with Crippen LogP contribution in [0.3, 0.4) is 0 Å². The number of unbranched alkanes of at least 4 members (excludes halogenated alkanes) is 2. The Morgan fingerprint density at radius 1 is 0.862 bits per heavy atom. The highest BCUT2D eigenvalue weighted by Gasteiger charge is 2.51. The van der Waals surface area contributed by atoms with Gasteiger partial charge in [-0.3, -0.25) is 0 Å². The van der Waals surface area contributed by atoms with Gasteiger partial charge in [0.2, 0.25) is 0 Å². The number of benzene rings is 1. The predicted molar refractivity (Wildman–Crippen MR) is 125 cm³/mol.